The molecule has 0 saturated heterocycles. The second-order valence-corrected chi connectivity index (χ2v) is 5.58. The second kappa shape index (κ2) is 9.42. The quantitative estimate of drug-likeness (QED) is 0.676. The van der Waals surface area contributed by atoms with Gasteiger partial charge in [-0.2, -0.15) is 0 Å². The molecule has 2 aromatic carbocycles. The molecule has 26 heavy (non-hydrogen) atoms. The van der Waals surface area contributed by atoms with E-state index in [2.05, 4.69) is 11.5 Å². The molecule has 0 fully saturated rings. The minimum Gasteiger partial charge on any atom is -0.465 e. The summed E-state index contributed by atoms with van der Waals surface area (Å²) in [6.07, 6.45) is 1.72. The van der Waals surface area contributed by atoms with Crippen LogP contribution in [0.4, 0.5) is 5.69 Å². The fourth-order valence-electron chi connectivity index (χ4n) is 2.48. The summed E-state index contributed by atoms with van der Waals surface area (Å²) in [5.41, 5.74) is 2.92. The first-order chi connectivity index (χ1) is 12.6. The molecule has 5 nitrogen and oxygen atoms in total. The molecule has 0 bridgehead atoms. The van der Waals surface area contributed by atoms with Crippen molar-refractivity contribution in [3.05, 3.63) is 71.8 Å². The number of hydrogen-bond acceptors (Lipinski definition) is 5. The molecule has 0 saturated carbocycles. The zero-order chi connectivity index (χ0) is 18.9. The number of hydrogen-bond donors (Lipinski definition) is 0. The summed E-state index contributed by atoms with van der Waals surface area (Å²) in [4.78, 5) is 25.6. The average Bonchev–Trinajstić information content (AvgIpc) is 2.70. The Morgan fingerprint density at radius 2 is 1.58 bits per heavy atom. The van der Waals surface area contributed by atoms with E-state index in [-0.39, 0.29) is 18.5 Å². The molecule has 0 aliphatic rings. The summed E-state index contributed by atoms with van der Waals surface area (Å²) in [6, 6.07) is 14.2. The Kier molecular flexibility index (Phi) is 6.97. The first-order valence-corrected chi connectivity index (χ1v) is 8.42. The maximum atomic E-state index is 12.1. The summed E-state index contributed by atoms with van der Waals surface area (Å²) in [5, 5.41) is 0. The highest BCUT2D eigenvalue weighted by atomic mass is 16.5. The highest BCUT2D eigenvalue weighted by Gasteiger charge is 2.10. The Bertz CT molecular complexity index is 751. The molecule has 0 atom stereocenters. The summed E-state index contributed by atoms with van der Waals surface area (Å²) >= 11 is 0. The number of methoxy groups -OCH3 is 1. The van der Waals surface area contributed by atoms with Crippen molar-refractivity contribution < 1.29 is 19.1 Å². The van der Waals surface area contributed by atoms with Crippen LogP contribution in [-0.2, 0) is 9.47 Å². The van der Waals surface area contributed by atoms with Crippen LogP contribution in [-0.4, -0.2) is 38.7 Å². The molecule has 0 radical (unpaired) electrons. The van der Waals surface area contributed by atoms with Gasteiger partial charge < -0.3 is 14.4 Å². The normalized spacial score (nSPS) is 10.1. The Morgan fingerprint density at radius 1 is 1.00 bits per heavy atom. The second-order valence-electron chi connectivity index (χ2n) is 5.58. The van der Waals surface area contributed by atoms with Gasteiger partial charge in [-0.05, 0) is 48.9 Å². The van der Waals surface area contributed by atoms with Crippen molar-refractivity contribution in [2.24, 2.45) is 0 Å². The van der Waals surface area contributed by atoms with E-state index in [4.69, 9.17) is 9.47 Å². The van der Waals surface area contributed by atoms with E-state index in [1.807, 2.05) is 31.2 Å². The van der Waals surface area contributed by atoms with Crippen molar-refractivity contribution in [2.75, 3.05) is 31.7 Å². The lowest BCUT2D eigenvalue weighted by atomic mass is 10.1. The van der Waals surface area contributed by atoms with Gasteiger partial charge in [0.15, 0.2) is 0 Å². The maximum absolute atomic E-state index is 12.1. The molecule has 0 aliphatic heterocycles. The molecule has 0 unspecified atom stereocenters. The van der Waals surface area contributed by atoms with Crippen LogP contribution in [0.15, 0.2) is 55.1 Å². The topological polar surface area (TPSA) is 55.8 Å². The van der Waals surface area contributed by atoms with Crippen LogP contribution in [0.1, 0.15) is 33.2 Å². The maximum Gasteiger partial charge on any atom is 0.338 e. The number of rotatable bonds is 8. The van der Waals surface area contributed by atoms with Gasteiger partial charge in [0, 0.05) is 12.2 Å². The highest BCUT2D eigenvalue weighted by molar-refractivity contribution is 5.90. The fraction of sp³-hybridized carbons (Fsp3) is 0.238. The third-order valence-electron chi connectivity index (χ3n) is 4.01. The standard InChI is InChI=1S/C21H23NO4/c1-4-16-6-8-18(9-7-16)21(24)26-15-14-22(5-2)19-12-10-17(11-13-19)20(23)25-3/h4,6-13H,1,5,14-15H2,2-3H3. The lowest BCUT2D eigenvalue weighted by Crippen LogP contribution is -2.28. The van der Waals surface area contributed by atoms with Crippen LogP contribution in [0.2, 0.25) is 0 Å². The first-order valence-electron chi connectivity index (χ1n) is 8.42. The minimum atomic E-state index is -0.365. The molecule has 2 aromatic rings. The Balaban J connectivity index is 1.90. The van der Waals surface area contributed by atoms with E-state index < -0.39 is 0 Å². The smallest absolute Gasteiger partial charge is 0.338 e. The molecule has 0 amide bonds. The SMILES string of the molecule is C=Cc1ccc(C(=O)OCCN(CC)c2ccc(C(=O)OC)cc2)cc1. The minimum absolute atomic E-state index is 0.272. The summed E-state index contributed by atoms with van der Waals surface area (Å²) in [6.45, 7) is 7.29. The van der Waals surface area contributed by atoms with Gasteiger partial charge in [-0.25, -0.2) is 9.59 Å². The van der Waals surface area contributed by atoms with Crippen molar-refractivity contribution in [3.8, 4) is 0 Å². The van der Waals surface area contributed by atoms with E-state index in [0.717, 1.165) is 17.8 Å². The molecule has 0 spiro atoms. The number of esters is 2. The van der Waals surface area contributed by atoms with E-state index in [1.54, 1.807) is 30.3 Å². The Hall–Kier alpha value is -3.08. The molecule has 0 aliphatic carbocycles. The van der Waals surface area contributed by atoms with Crippen LogP contribution in [0, 0.1) is 0 Å². The van der Waals surface area contributed by atoms with Crippen LogP contribution in [0.5, 0.6) is 0 Å². The third-order valence-corrected chi connectivity index (χ3v) is 4.01. The molecular weight excluding hydrogens is 330 g/mol. The van der Waals surface area contributed by atoms with Crippen LogP contribution in [0.25, 0.3) is 6.08 Å². The summed E-state index contributed by atoms with van der Waals surface area (Å²) in [5.74, 6) is -0.714. The monoisotopic (exact) mass is 353 g/mol. The number of anilines is 1. The lowest BCUT2D eigenvalue weighted by Gasteiger charge is -2.23. The highest BCUT2D eigenvalue weighted by Crippen LogP contribution is 2.16. The fourth-order valence-corrected chi connectivity index (χ4v) is 2.48. The first kappa shape index (κ1) is 19.2. The molecule has 5 heteroatoms. The largest absolute Gasteiger partial charge is 0.465 e. The van der Waals surface area contributed by atoms with Gasteiger partial charge in [0.05, 0.1) is 24.8 Å². The molecular formula is C21H23NO4. The summed E-state index contributed by atoms with van der Waals surface area (Å²) < 4.78 is 10.0. The van der Waals surface area contributed by atoms with Gasteiger partial charge >= 0.3 is 11.9 Å². The number of ether oxygens (including phenoxy) is 2. The van der Waals surface area contributed by atoms with Gasteiger partial charge in [-0.3, -0.25) is 0 Å². The van der Waals surface area contributed by atoms with Gasteiger partial charge in [0.2, 0.25) is 0 Å². The number of carbonyl (C=O) groups is 2. The van der Waals surface area contributed by atoms with Crippen molar-refractivity contribution in [2.45, 2.75) is 6.92 Å². The van der Waals surface area contributed by atoms with Crippen molar-refractivity contribution in [1.82, 2.24) is 0 Å². The van der Waals surface area contributed by atoms with Gasteiger partial charge in [-0.1, -0.05) is 24.8 Å². The van der Waals surface area contributed by atoms with Crippen molar-refractivity contribution in [1.29, 1.82) is 0 Å². The predicted molar refractivity (Wildman–Crippen MR) is 102 cm³/mol. The van der Waals surface area contributed by atoms with Crippen LogP contribution >= 0.6 is 0 Å². The van der Waals surface area contributed by atoms with Gasteiger partial charge in [0.1, 0.15) is 6.61 Å². The zero-order valence-electron chi connectivity index (χ0n) is 15.1. The van der Waals surface area contributed by atoms with Crippen molar-refractivity contribution in [3.63, 3.8) is 0 Å². The zero-order valence-corrected chi connectivity index (χ0v) is 15.1. The molecule has 136 valence electrons. The van der Waals surface area contributed by atoms with Crippen LogP contribution < -0.4 is 4.90 Å². The number of likely N-dealkylation sites (N-methyl/N-ethyl adjacent to an activating group) is 1. The third kappa shape index (κ3) is 4.96. The molecule has 0 heterocycles. The average molecular weight is 353 g/mol. The number of benzene rings is 2. The molecule has 2 rings (SSSR count). The van der Waals surface area contributed by atoms with Crippen LogP contribution in [0.3, 0.4) is 0 Å². The van der Waals surface area contributed by atoms with E-state index in [0.29, 0.717) is 17.7 Å². The van der Waals surface area contributed by atoms with Gasteiger partial charge in [0.25, 0.3) is 0 Å². The summed E-state index contributed by atoms with van der Waals surface area (Å²) in [7, 11) is 1.36. The Labute approximate surface area is 153 Å². The Morgan fingerprint density at radius 3 is 2.12 bits per heavy atom. The molecule has 0 N–H and O–H groups in total. The van der Waals surface area contributed by atoms with E-state index in [1.165, 1.54) is 7.11 Å². The van der Waals surface area contributed by atoms with Gasteiger partial charge in [-0.15, -0.1) is 0 Å². The molecule has 0 aromatic heterocycles. The predicted octanol–water partition coefficient (Wildman–Crippen LogP) is 3.80. The number of nitrogens with zero attached hydrogens (tertiary/aromatic N) is 1. The number of carbonyl (C=O) groups excluding carboxylic acids is 2. The van der Waals surface area contributed by atoms with Crippen molar-refractivity contribution >= 4 is 23.7 Å². The van der Waals surface area contributed by atoms with E-state index in [9.17, 15) is 9.59 Å². The van der Waals surface area contributed by atoms with E-state index >= 15 is 0 Å². The lowest BCUT2D eigenvalue weighted by molar-refractivity contribution is 0.0514.